The number of para-hydroxylation sites is 2. The van der Waals surface area contributed by atoms with Gasteiger partial charge >= 0.3 is 0 Å². The van der Waals surface area contributed by atoms with Gasteiger partial charge in [0.2, 0.25) is 0 Å². The molecule has 0 aliphatic carbocycles. The predicted octanol–water partition coefficient (Wildman–Crippen LogP) is 9.33. The number of benzene rings is 5. The summed E-state index contributed by atoms with van der Waals surface area (Å²) in [7, 11) is 0. The van der Waals surface area contributed by atoms with Crippen LogP contribution in [0.1, 0.15) is 11.1 Å². The molecule has 5 aromatic carbocycles. The Morgan fingerprint density at radius 3 is 1.97 bits per heavy atom. The van der Waals surface area contributed by atoms with Crippen molar-refractivity contribution in [2.45, 2.75) is 23.6 Å². The SMILES string of the molecule is Cc1ccc(N2c3ccccc3Sc3ccc4c(c32)c2ccccc2n4-c2ccc(C)cc2)cc1. The zero-order valence-electron chi connectivity index (χ0n) is 19.7. The minimum atomic E-state index is 1.18. The number of hydrogen-bond acceptors (Lipinski definition) is 2. The predicted molar refractivity (Wildman–Crippen MR) is 149 cm³/mol. The zero-order chi connectivity index (χ0) is 23.5. The standard InChI is InChI=1S/C32H24N2S/c1-21-11-15-23(16-12-21)33-26-8-4-3-7-25(26)31-28(33)19-20-30-32(31)34(24-17-13-22(2)14-18-24)27-9-5-6-10-29(27)35-30/h3-20H,1-2H3. The van der Waals surface area contributed by atoms with Gasteiger partial charge in [0, 0.05) is 31.9 Å². The Labute approximate surface area is 209 Å². The number of anilines is 3. The van der Waals surface area contributed by atoms with E-state index >= 15 is 0 Å². The molecular formula is C32H24N2S. The van der Waals surface area contributed by atoms with Crippen molar-refractivity contribution in [2.24, 2.45) is 0 Å². The lowest BCUT2D eigenvalue weighted by atomic mass is 10.1. The van der Waals surface area contributed by atoms with Gasteiger partial charge in [-0.25, -0.2) is 0 Å². The highest BCUT2D eigenvalue weighted by molar-refractivity contribution is 7.99. The third-order valence-electron chi connectivity index (χ3n) is 6.91. The second-order valence-electron chi connectivity index (χ2n) is 9.24. The van der Waals surface area contributed by atoms with Gasteiger partial charge in [0.25, 0.3) is 0 Å². The summed E-state index contributed by atoms with van der Waals surface area (Å²) in [5.74, 6) is 0. The van der Waals surface area contributed by atoms with Gasteiger partial charge in [-0.15, -0.1) is 0 Å². The number of nitrogens with zero attached hydrogens (tertiary/aromatic N) is 2. The fourth-order valence-electron chi connectivity index (χ4n) is 5.23. The molecule has 2 nitrogen and oxygen atoms in total. The maximum Gasteiger partial charge on any atom is 0.0701 e. The van der Waals surface area contributed by atoms with E-state index in [1.54, 1.807) is 0 Å². The molecule has 0 saturated heterocycles. The molecule has 0 amide bonds. The van der Waals surface area contributed by atoms with Gasteiger partial charge in [-0.1, -0.05) is 77.5 Å². The number of aryl methyl sites for hydroxylation is 2. The fourth-order valence-corrected chi connectivity index (χ4v) is 6.30. The summed E-state index contributed by atoms with van der Waals surface area (Å²) in [6.45, 7) is 4.28. The van der Waals surface area contributed by atoms with E-state index in [4.69, 9.17) is 0 Å². The second kappa shape index (κ2) is 7.79. The van der Waals surface area contributed by atoms with E-state index in [2.05, 4.69) is 133 Å². The summed E-state index contributed by atoms with van der Waals surface area (Å²) in [6.07, 6.45) is 0. The van der Waals surface area contributed by atoms with Gasteiger partial charge < -0.3 is 9.47 Å². The molecule has 3 heteroatoms. The van der Waals surface area contributed by atoms with E-state index in [-0.39, 0.29) is 0 Å². The molecule has 1 aromatic heterocycles. The molecule has 0 N–H and O–H groups in total. The number of aromatic nitrogens is 1. The first kappa shape index (κ1) is 20.4. The summed E-state index contributed by atoms with van der Waals surface area (Å²) in [5, 5.41) is 2.57. The molecule has 0 unspecified atom stereocenters. The second-order valence-corrected chi connectivity index (χ2v) is 10.3. The highest BCUT2D eigenvalue weighted by Gasteiger charge is 2.29. The van der Waals surface area contributed by atoms with Crippen LogP contribution >= 0.6 is 11.8 Å². The summed E-state index contributed by atoms with van der Waals surface area (Å²) in [6, 6.07) is 39.8. The summed E-state index contributed by atoms with van der Waals surface area (Å²) in [4.78, 5) is 5.01. The van der Waals surface area contributed by atoms with E-state index in [9.17, 15) is 0 Å². The Hall–Kier alpha value is -3.95. The minimum Gasteiger partial charge on any atom is -0.309 e. The van der Waals surface area contributed by atoms with Crippen molar-refractivity contribution in [3.8, 4) is 5.69 Å². The van der Waals surface area contributed by atoms with Crippen molar-refractivity contribution >= 4 is 50.6 Å². The van der Waals surface area contributed by atoms with Gasteiger partial charge in [0.05, 0.1) is 22.4 Å². The molecule has 2 heterocycles. The van der Waals surface area contributed by atoms with Gasteiger partial charge in [-0.2, -0.15) is 0 Å². The molecule has 0 bridgehead atoms. The molecule has 168 valence electrons. The van der Waals surface area contributed by atoms with Gasteiger partial charge in [0.15, 0.2) is 0 Å². The Morgan fingerprint density at radius 1 is 0.543 bits per heavy atom. The highest BCUT2D eigenvalue weighted by Crippen LogP contribution is 2.55. The lowest BCUT2D eigenvalue weighted by molar-refractivity contribution is 1.16. The Morgan fingerprint density at radius 2 is 1.20 bits per heavy atom. The lowest BCUT2D eigenvalue weighted by Gasteiger charge is -2.33. The van der Waals surface area contributed by atoms with Crippen LogP contribution in [0.2, 0.25) is 0 Å². The Bertz CT molecular complexity index is 1730. The third kappa shape index (κ3) is 3.12. The van der Waals surface area contributed by atoms with Crippen LogP contribution in [0.4, 0.5) is 17.1 Å². The monoisotopic (exact) mass is 468 g/mol. The number of fused-ring (bicyclic) bond motifs is 6. The van der Waals surface area contributed by atoms with Crippen LogP contribution in [0.5, 0.6) is 0 Å². The quantitative estimate of drug-likeness (QED) is 0.250. The largest absolute Gasteiger partial charge is 0.309 e. The van der Waals surface area contributed by atoms with Crippen LogP contribution in [-0.2, 0) is 0 Å². The summed E-state index contributed by atoms with van der Waals surface area (Å²) < 4.78 is 2.41. The van der Waals surface area contributed by atoms with Crippen LogP contribution < -0.4 is 4.90 Å². The van der Waals surface area contributed by atoms with E-state index in [0.717, 1.165) is 0 Å². The first-order valence-corrected chi connectivity index (χ1v) is 12.8. The zero-order valence-corrected chi connectivity index (χ0v) is 20.5. The van der Waals surface area contributed by atoms with Crippen molar-refractivity contribution < 1.29 is 0 Å². The number of hydrogen-bond donors (Lipinski definition) is 0. The molecule has 7 rings (SSSR count). The highest BCUT2D eigenvalue weighted by atomic mass is 32.2. The Balaban J connectivity index is 1.61. The first-order valence-electron chi connectivity index (χ1n) is 12.0. The van der Waals surface area contributed by atoms with Crippen molar-refractivity contribution in [2.75, 3.05) is 4.90 Å². The normalized spacial score (nSPS) is 12.7. The van der Waals surface area contributed by atoms with Crippen molar-refractivity contribution in [1.29, 1.82) is 0 Å². The van der Waals surface area contributed by atoms with Gasteiger partial charge in [-0.3, -0.25) is 0 Å². The lowest BCUT2D eigenvalue weighted by Crippen LogP contribution is -2.15. The van der Waals surface area contributed by atoms with Crippen LogP contribution in [0.15, 0.2) is 119 Å². The topological polar surface area (TPSA) is 8.17 Å². The van der Waals surface area contributed by atoms with Crippen LogP contribution in [0.3, 0.4) is 0 Å². The molecule has 1 aliphatic rings. The molecule has 0 saturated carbocycles. The Kier molecular flexibility index (Phi) is 4.55. The molecule has 1 aliphatic heterocycles. The van der Waals surface area contributed by atoms with Crippen molar-refractivity contribution in [1.82, 2.24) is 4.57 Å². The van der Waals surface area contributed by atoms with Crippen molar-refractivity contribution in [3.05, 3.63) is 120 Å². The average molecular weight is 469 g/mol. The van der Waals surface area contributed by atoms with Gasteiger partial charge in [0.1, 0.15) is 0 Å². The summed E-state index contributed by atoms with van der Waals surface area (Å²) in [5.41, 5.74) is 9.86. The van der Waals surface area contributed by atoms with Crippen molar-refractivity contribution in [3.63, 3.8) is 0 Å². The molecule has 0 radical (unpaired) electrons. The van der Waals surface area contributed by atoms with Crippen LogP contribution in [0, 0.1) is 13.8 Å². The van der Waals surface area contributed by atoms with Crippen LogP contribution in [0.25, 0.3) is 27.5 Å². The van der Waals surface area contributed by atoms with Crippen LogP contribution in [-0.4, -0.2) is 4.57 Å². The van der Waals surface area contributed by atoms with E-state index in [0.29, 0.717) is 0 Å². The van der Waals surface area contributed by atoms with E-state index in [1.807, 2.05) is 11.8 Å². The van der Waals surface area contributed by atoms with Gasteiger partial charge in [-0.05, 0) is 68.4 Å². The minimum absolute atomic E-state index is 1.18. The maximum atomic E-state index is 2.45. The summed E-state index contributed by atoms with van der Waals surface area (Å²) >= 11 is 1.86. The smallest absolute Gasteiger partial charge is 0.0701 e. The molecule has 0 spiro atoms. The third-order valence-corrected chi connectivity index (χ3v) is 8.02. The molecule has 0 atom stereocenters. The molecule has 6 aromatic rings. The first-order chi connectivity index (χ1) is 17.2. The fraction of sp³-hybridized carbons (Fsp3) is 0.0625. The van der Waals surface area contributed by atoms with E-state index < -0.39 is 0 Å². The maximum absolute atomic E-state index is 2.45. The molecule has 0 fully saturated rings. The molecular weight excluding hydrogens is 444 g/mol. The average Bonchev–Trinajstić information content (AvgIpc) is 3.23. The number of rotatable bonds is 2. The van der Waals surface area contributed by atoms with E-state index in [1.165, 1.54) is 65.5 Å². The molecule has 35 heavy (non-hydrogen) atoms.